The molecule has 1 nitrogen and oxygen atoms in total. The molecule has 0 spiro atoms. The third-order valence-corrected chi connectivity index (χ3v) is 3.50. The maximum atomic E-state index is 9.92. The molecule has 0 aromatic heterocycles. The van der Waals surface area contributed by atoms with E-state index in [0.717, 1.165) is 12.8 Å². The van der Waals surface area contributed by atoms with E-state index in [2.05, 4.69) is 31.2 Å². The Hall–Kier alpha value is -1.08. The standard InChI is InChI=1S/C14H18O/c1-10-8-13(9-14(15)11(10)2)12-6-4-3-5-7-12/h3-7,13-15H,8-9H2,1-2H3/t13-,14+/m1/s1. The maximum absolute atomic E-state index is 9.92. The summed E-state index contributed by atoms with van der Waals surface area (Å²) < 4.78 is 0. The number of hydrogen-bond acceptors (Lipinski definition) is 1. The van der Waals surface area contributed by atoms with E-state index in [9.17, 15) is 5.11 Å². The fourth-order valence-corrected chi connectivity index (χ4v) is 2.32. The quantitative estimate of drug-likeness (QED) is 0.693. The molecule has 1 aliphatic rings. The fourth-order valence-electron chi connectivity index (χ4n) is 2.32. The molecular weight excluding hydrogens is 184 g/mol. The highest BCUT2D eigenvalue weighted by molar-refractivity contribution is 5.27. The van der Waals surface area contributed by atoms with Crippen molar-refractivity contribution >= 4 is 0 Å². The molecule has 1 heteroatoms. The van der Waals surface area contributed by atoms with Crippen molar-refractivity contribution in [3.63, 3.8) is 0 Å². The summed E-state index contributed by atoms with van der Waals surface area (Å²) in [5.74, 6) is 0.491. The van der Waals surface area contributed by atoms with E-state index in [-0.39, 0.29) is 6.10 Å². The van der Waals surface area contributed by atoms with Crippen LogP contribution in [0.15, 0.2) is 41.5 Å². The van der Waals surface area contributed by atoms with Crippen LogP contribution in [0.2, 0.25) is 0 Å². The third-order valence-electron chi connectivity index (χ3n) is 3.50. The van der Waals surface area contributed by atoms with E-state index in [1.807, 2.05) is 13.0 Å². The molecule has 0 heterocycles. The van der Waals surface area contributed by atoms with Gasteiger partial charge < -0.3 is 5.11 Å². The summed E-state index contributed by atoms with van der Waals surface area (Å²) in [6.07, 6.45) is 1.71. The summed E-state index contributed by atoms with van der Waals surface area (Å²) >= 11 is 0. The number of rotatable bonds is 1. The largest absolute Gasteiger partial charge is 0.389 e. The summed E-state index contributed by atoms with van der Waals surface area (Å²) in [5, 5.41) is 9.92. The first-order valence-corrected chi connectivity index (χ1v) is 5.57. The van der Waals surface area contributed by atoms with Gasteiger partial charge in [-0.15, -0.1) is 0 Å². The van der Waals surface area contributed by atoms with Gasteiger partial charge in [-0.3, -0.25) is 0 Å². The first kappa shape index (κ1) is 10.4. The topological polar surface area (TPSA) is 20.2 Å². The molecule has 1 aromatic carbocycles. The molecule has 0 fully saturated rings. The highest BCUT2D eigenvalue weighted by atomic mass is 16.3. The number of hydrogen-bond donors (Lipinski definition) is 1. The second-order valence-corrected chi connectivity index (χ2v) is 4.53. The van der Waals surface area contributed by atoms with Gasteiger partial charge in [-0.2, -0.15) is 0 Å². The lowest BCUT2D eigenvalue weighted by molar-refractivity contribution is 0.179. The molecule has 0 unspecified atom stereocenters. The minimum Gasteiger partial charge on any atom is -0.389 e. The van der Waals surface area contributed by atoms with Gasteiger partial charge in [-0.05, 0) is 43.7 Å². The predicted molar refractivity (Wildman–Crippen MR) is 62.8 cm³/mol. The van der Waals surface area contributed by atoms with Crippen LogP contribution in [-0.2, 0) is 0 Å². The van der Waals surface area contributed by atoms with Gasteiger partial charge in [0.1, 0.15) is 0 Å². The first-order chi connectivity index (χ1) is 7.18. The summed E-state index contributed by atoms with van der Waals surface area (Å²) in [5.41, 5.74) is 3.87. The Balaban J connectivity index is 2.22. The molecule has 0 bridgehead atoms. The third kappa shape index (κ3) is 2.13. The first-order valence-electron chi connectivity index (χ1n) is 5.57. The molecule has 2 rings (SSSR count). The highest BCUT2D eigenvalue weighted by Gasteiger charge is 2.24. The Morgan fingerprint density at radius 3 is 2.40 bits per heavy atom. The van der Waals surface area contributed by atoms with Crippen molar-refractivity contribution in [3.8, 4) is 0 Å². The molecule has 1 aliphatic carbocycles. The van der Waals surface area contributed by atoms with Gasteiger partial charge in [0, 0.05) is 0 Å². The normalized spacial score (nSPS) is 26.9. The summed E-state index contributed by atoms with van der Waals surface area (Å²) in [7, 11) is 0. The van der Waals surface area contributed by atoms with Crippen LogP contribution in [0.4, 0.5) is 0 Å². The molecule has 1 N–H and O–H groups in total. The van der Waals surface area contributed by atoms with E-state index in [1.54, 1.807) is 0 Å². The minimum absolute atomic E-state index is 0.246. The van der Waals surface area contributed by atoms with Crippen LogP contribution >= 0.6 is 0 Å². The highest BCUT2D eigenvalue weighted by Crippen LogP contribution is 2.35. The van der Waals surface area contributed by atoms with Gasteiger partial charge in [-0.25, -0.2) is 0 Å². The Kier molecular flexibility index (Phi) is 2.92. The van der Waals surface area contributed by atoms with Gasteiger partial charge in [0.25, 0.3) is 0 Å². The second-order valence-electron chi connectivity index (χ2n) is 4.53. The van der Waals surface area contributed by atoms with Crippen molar-refractivity contribution in [1.82, 2.24) is 0 Å². The molecule has 0 aliphatic heterocycles. The van der Waals surface area contributed by atoms with Crippen LogP contribution in [0.1, 0.15) is 38.2 Å². The van der Waals surface area contributed by atoms with Crippen molar-refractivity contribution in [2.45, 2.75) is 38.7 Å². The average molecular weight is 202 g/mol. The van der Waals surface area contributed by atoms with Crippen LogP contribution < -0.4 is 0 Å². The lowest BCUT2D eigenvalue weighted by Crippen LogP contribution is -2.20. The van der Waals surface area contributed by atoms with Gasteiger partial charge in [-0.1, -0.05) is 35.9 Å². The second kappa shape index (κ2) is 4.19. The number of aliphatic hydroxyl groups is 1. The van der Waals surface area contributed by atoms with E-state index < -0.39 is 0 Å². The molecule has 0 saturated carbocycles. The lowest BCUT2D eigenvalue weighted by Gasteiger charge is -2.28. The van der Waals surface area contributed by atoms with Crippen LogP contribution in [0.3, 0.4) is 0 Å². The molecule has 0 radical (unpaired) electrons. The summed E-state index contributed by atoms with van der Waals surface area (Å²) in [6, 6.07) is 10.5. The van der Waals surface area contributed by atoms with Crippen molar-refractivity contribution in [3.05, 3.63) is 47.0 Å². The molecule has 2 atom stereocenters. The fraction of sp³-hybridized carbons (Fsp3) is 0.429. The van der Waals surface area contributed by atoms with Gasteiger partial charge in [0.15, 0.2) is 0 Å². The van der Waals surface area contributed by atoms with E-state index in [1.165, 1.54) is 16.7 Å². The van der Waals surface area contributed by atoms with Crippen LogP contribution in [0, 0.1) is 0 Å². The SMILES string of the molecule is CC1=C(C)[C@@H](O)C[C@H](c2ccccc2)C1. The zero-order valence-electron chi connectivity index (χ0n) is 9.40. The van der Waals surface area contributed by atoms with E-state index in [0.29, 0.717) is 5.92 Å². The Morgan fingerprint density at radius 2 is 1.80 bits per heavy atom. The molecule has 80 valence electrons. The monoisotopic (exact) mass is 202 g/mol. The maximum Gasteiger partial charge on any atom is 0.0755 e. The van der Waals surface area contributed by atoms with Crippen molar-refractivity contribution in [1.29, 1.82) is 0 Å². The van der Waals surface area contributed by atoms with Crippen LogP contribution in [-0.4, -0.2) is 11.2 Å². The molecular formula is C14H18O. The number of allylic oxidation sites excluding steroid dienone is 1. The van der Waals surface area contributed by atoms with E-state index in [4.69, 9.17) is 0 Å². The summed E-state index contributed by atoms with van der Waals surface area (Å²) in [4.78, 5) is 0. The van der Waals surface area contributed by atoms with Gasteiger partial charge in [0.05, 0.1) is 6.10 Å². The molecule has 0 amide bonds. The summed E-state index contributed by atoms with van der Waals surface area (Å²) in [6.45, 7) is 4.18. The van der Waals surface area contributed by atoms with Gasteiger partial charge >= 0.3 is 0 Å². The Bertz CT molecular complexity index is 364. The Morgan fingerprint density at radius 1 is 1.13 bits per heavy atom. The number of benzene rings is 1. The van der Waals surface area contributed by atoms with Crippen LogP contribution in [0.25, 0.3) is 0 Å². The number of aliphatic hydroxyl groups excluding tert-OH is 1. The lowest BCUT2D eigenvalue weighted by atomic mass is 9.79. The molecule has 1 aromatic rings. The smallest absolute Gasteiger partial charge is 0.0755 e. The average Bonchev–Trinajstić information content (AvgIpc) is 2.26. The molecule has 0 saturated heterocycles. The van der Waals surface area contributed by atoms with Gasteiger partial charge in [0.2, 0.25) is 0 Å². The zero-order valence-corrected chi connectivity index (χ0v) is 9.40. The van der Waals surface area contributed by atoms with Crippen molar-refractivity contribution in [2.75, 3.05) is 0 Å². The van der Waals surface area contributed by atoms with Crippen molar-refractivity contribution in [2.24, 2.45) is 0 Å². The zero-order chi connectivity index (χ0) is 10.8. The van der Waals surface area contributed by atoms with E-state index >= 15 is 0 Å². The molecule has 15 heavy (non-hydrogen) atoms. The Labute approximate surface area is 91.4 Å². The van der Waals surface area contributed by atoms with Crippen molar-refractivity contribution < 1.29 is 5.11 Å². The predicted octanol–water partition coefficient (Wildman–Crippen LogP) is 3.26. The van der Waals surface area contributed by atoms with Crippen LogP contribution in [0.5, 0.6) is 0 Å². The minimum atomic E-state index is -0.246.